The van der Waals surface area contributed by atoms with Gasteiger partial charge in [-0.2, -0.15) is 13.2 Å². The van der Waals surface area contributed by atoms with Crippen LogP contribution in [0.4, 0.5) is 13.2 Å². The summed E-state index contributed by atoms with van der Waals surface area (Å²) in [5.41, 5.74) is 0.000861. The van der Waals surface area contributed by atoms with E-state index in [1.54, 1.807) is 13.0 Å². The molecule has 0 aliphatic heterocycles. The summed E-state index contributed by atoms with van der Waals surface area (Å²) >= 11 is 0. The first-order valence-corrected chi connectivity index (χ1v) is 6.74. The quantitative estimate of drug-likeness (QED) is 0.742. The Bertz CT molecular complexity index is 573. The predicted molar refractivity (Wildman–Crippen MR) is 69.1 cm³/mol. The van der Waals surface area contributed by atoms with Crippen molar-refractivity contribution in [3.05, 3.63) is 47.5 Å². The maximum absolute atomic E-state index is 12.8. The van der Waals surface area contributed by atoms with Crippen molar-refractivity contribution in [2.45, 2.75) is 25.4 Å². The minimum absolute atomic E-state index is 0.0734. The summed E-state index contributed by atoms with van der Waals surface area (Å²) in [6.45, 7) is 1.54. The molecule has 0 saturated heterocycles. The molecule has 4 heteroatoms. The van der Waals surface area contributed by atoms with E-state index in [9.17, 15) is 18.0 Å². The van der Waals surface area contributed by atoms with Gasteiger partial charge < -0.3 is 0 Å². The van der Waals surface area contributed by atoms with Gasteiger partial charge in [-0.3, -0.25) is 4.79 Å². The van der Waals surface area contributed by atoms with Gasteiger partial charge in [-0.15, -0.1) is 0 Å². The van der Waals surface area contributed by atoms with Gasteiger partial charge in [0.15, 0.2) is 0 Å². The van der Waals surface area contributed by atoms with Gasteiger partial charge in [0.1, 0.15) is 5.78 Å². The summed E-state index contributed by atoms with van der Waals surface area (Å²) in [5.74, 6) is 0.178. The zero-order chi connectivity index (χ0) is 14.5. The predicted octanol–water partition coefficient (Wildman–Crippen LogP) is 4.20. The first-order valence-electron chi connectivity index (χ1n) is 6.74. The van der Waals surface area contributed by atoms with Crippen LogP contribution in [-0.4, -0.2) is 5.78 Å². The van der Waals surface area contributed by atoms with Crippen molar-refractivity contribution >= 4 is 5.78 Å². The molecular weight excluding hydrogens is 265 g/mol. The van der Waals surface area contributed by atoms with Gasteiger partial charge in [-0.05, 0) is 36.8 Å². The van der Waals surface area contributed by atoms with E-state index in [0.29, 0.717) is 5.56 Å². The van der Waals surface area contributed by atoms with Gasteiger partial charge >= 0.3 is 6.18 Å². The van der Waals surface area contributed by atoms with Gasteiger partial charge in [-0.1, -0.05) is 30.4 Å². The maximum Gasteiger partial charge on any atom is 0.416 e. The molecule has 0 amide bonds. The second-order valence-electron chi connectivity index (χ2n) is 5.73. The average molecular weight is 280 g/mol. The lowest BCUT2D eigenvalue weighted by Gasteiger charge is -2.27. The van der Waals surface area contributed by atoms with Gasteiger partial charge in [0.2, 0.25) is 0 Å². The molecule has 2 aliphatic rings. The van der Waals surface area contributed by atoms with Crippen molar-refractivity contribution in [3.63, 3.8) is 0 Å². The summed E-state index contributed by atoms with van der Waals surface area (Å²) in [4.78, 5) is 11.8. The van der Waals surface area contributed by atoms with E-state index in [4.69, 9.17) is 0 Å². The Kier molecular flexibility index (Phi) is 3.00. The summed E-state index contributed by atoms with van der Waals surface area (Å²) < 4.78 is 38.5. The monoisotopic (exact) mass is 280 g/mol. The topological polar surface area (TPSA) is 17.1 Å². The van der Waals surface area contributed by atoms with Crippen LogP contribution < -0.4 is 0 Å². The molecule has 2 bridgehead atoms. The molecule has 106 valence electrons. The number of carbonyl (C=O) groups is 1. The molecule has 0 N–H and O–H groups in total. The number of allylic oxidation sites excluding steroid dienone is 2. The van der Waals surface area contributed by atoms with Crippen LogP contribution in [0.5, 0.6) is 0 Å². The van der Waals surface area contributed by atoms with E-state index >= 15 is 0 Å². The van der Waals surface area contributed by atoms with Crippen LogP contribution in [0.2, 0.25) is 0 Å². The number of Topliss-reactive ketones (excluding diaryl/α,β-unsaturated/α-hetero) is 1. The molecule has 0 radical (unpaired) electrons. The van der Waals surface area contributed by atoms with Gasteiger partial charge in [0.25, 0.3) is 0 Å². The third kappa shape index (κ3) is 2.07. The van der Waals surface area contributed by atoms with E-state index in [0.717, 1.165) is 12.5 Å². The Morgan fingerprint density at radius 2 is 1.90 bits per heavy atom. The summed E-state index contributed by atoms with van der Waals surface area (Å²) in [6.07, 6.45) is 0.635. The molecule has 1 aromatic rings. The third-order valence-electron chi connectivity index (χ3n) is 4.53. The summed E-state index contributed by atoms with van der Waals surface area (Å²) in [7, 11) is 0. The van der Waals surface area contributed by atoms with E-state index in [-0.39, 0.29) is 29.5 Å². The summed E-state index contributed by atoms with van der Waals surface area (Å²) in [5, 5.41) is 0. The molecule has 1 saturated carbocycles. The van der Waals surface area contributed by atoms with Crippen molar-refractivity contribution in [1.29, 1.82) is 0 Å². The fourth-order valence-electron chi connectivity index (χ4n) is 3.75. The second kappa shape index (κ2) is 4.47. The van der Waals surface area contributed by atoms with Crippen LogP contribution in [-0.2, 0) is 11.0 Å². The molecule has 0 unspecified atom stereocenters. The minimum Gasteiger partial charge on any atom is -0.300 e. The normalized spacial score (nSPS) is 31.8. The first-order chi connectivity index (χ1) is 9.38. The Hall–Kier alpha value is -1.58. The maximum atomic E-state index is 12.8. The van der Waals surface area contributed by atoms with Crippen LogP contribution >= 0.6 is 0 Å². The summed E-state index contributed by atoms with van der Waals surface area (Å²) in [6, 6.07) is 5.43. The fraction of sp³-hybridized carbons (Fsp3) is 0.438. The SMILES string of the molecule is CC(=O)[C@H]1[C@H](c2cccc(C(F)(F)F)c2)[C@H]2C=C[C@@H]1C2. The van der Waals surface area contributed by atoms with Crippen molar-refractivity contribution in [2.75, 3.05) is 0 Å². The lowest BCUT2D eigenvalue weighted by Crippen LogP contribution is -2.24. The molecule has 1 fully saturated rings. The molecule has 0 heterocycles. The standard InChI is InChI=1S/C16H15F3O/c1-9(20)14-11-5-6-12(7-11)15(14)10-3-2-4-13(8-10)16(17,18)19/h2-6,8,11-12,14-15H,7H2,1H3/t11-,12+,14-,15-/m1/s1. The molecule has 0 aromatic heterocycles. The molecular formula is C16H15F3O. The molecule has 1 aromatic carbocycles. The molecule has 2 aliphatic carbocycles. The lowest BCUT2D eigenvalue weighted by atomic mass is 9.76. The van der Waals surface area contributed by atoms with Gasteiger partial charge in [0.05, 0.1) is 5.56 Å². The van der Waals surface area contributed by atoms with Crippen LogP contribution in [0.3, 0.4) is 0 Å². The minimum atomic E-state index is -4.34. The highest BCUT2D eigenvalue weighted by atomic mass is 19.4. The number of carbonyl (C=O) groups excluding carboxylic acids is 1. The Labute approximate surface area is 115 Å². The number of fused-ring (bicyclic) bond motifs is 2. The number of ketones is 1. The fourth-order valence-corrected chi connectivity index (χ4v) is 3.75. The van der Waals surface area contributed by atoms with Crippen molar-refractivity contribution in [1.82, 2.24) is 0 Å². The Morgan fingerprint density at radius 3 is 2.55 bits per heavy atom. The highest BCUT2D eigenvalue weighted by Crippen LogP contribution is 2.53. The smallest absolute Gasteiger partial charge is 0.300 e. The van der Waals surface area contributed by atoms with E-state index in [2.05, 4.69) is 6.08 Å². The van der Waals surface area contributed by atoms with E-state index < -0.39 is 11.7 Å². The number of rotatable bonds is 2. The van der Waals surface area contributed by atoms with Crippen LogP contribution in [0, 0.1) is 17.8 Å². The van der Waals surface area contributed by atoms with Crippen LogP contribution in [0.25, 0.3) is 0 Å². The van der Waals surface area contributed by atoms with Crippen molar-refractivity contribution < 1.29 is 18.0 Å². The number of hydrogen-bond donors (Lipinski definition) is 0. The number of benzene rings is 1. The van der Waals surface area contributed by atoms with Crippen molar-refractivity contribution in [3.8, 4) is 0 Å². The Balaban J connectivity index is 2.00. The van der Waals surface area contributed by atoms with E-state index in [1.165, 1.54) is 12.1 Å². The van der Waals surface area contributed by atoms with Gasteiger partial charge in [0, 0.05) is 11.8 Å². The first kappa shape index (κ1) is 13.4. The average Bonchev–Trinajstić information content (AvgIpc) is 2.97. The molecule has 20 heavy (non-hydrogen) atoms. The molecule has 4 atom stereocenters. The number of halogens is 3. The van der Waals surface area contributed by atoms with E-state index in [1.807, 2.05) is 6.08 Å². The number of hydrogen-bond acceptors (Lipinski definition) is 1. The van der Waals surface area contributed by atoms with Gasteiger partial charge in [-0.25, -0.2) is 0 Å². The second-order valence-corrected chi connectivity index (χ2v) is 5.73. The molecule has 0 spiro atoms. The zero-order valence-electron chi connectivity index (χ0n) is 11.0. The largest absolute Gasteiger partial charge is 0.416 e. The highest BCUT2D eigenvalue weighted by Gasteiger charge is 2.47. The lowest BCUT2D eigenvalue weighted by molar-refractivity contribution is -0.137. The van der Waals surface area contributed by atoms with Crippen LogP contribution in [0.15, 0.2) is 36.4 Å². The molecule has 1 nitrogen and oxygen atoms in total. The van der Waals surface area contributed by atoms with Crippen molar-refractivity contribution in [2.24, 2.45) is 17.8 Å². The van der Waals surface area contributed by atoms with Crippen LogP contribution in [0.1, 0.15) is 30.4 Å². The molecule has 3 rings (SSSR count). The number of alkyl halides is 3. The zero-order valence-corrected chi connectivity index (χ0v) is 11.0. The Morgan fingerprint density at radius 1 is 1.20 bits per heavy atom. The third-order valence-corrected chi connectivity index (χ3v) is 4.53. The highest BCUT2D eigenvalue weighted by molar-refractivity contribution is 5.81.